The van der Waals surface area contributed by atoms with E-state index in [0.29, 0.717) is 40.5 Å². The normalized spacial score (nSPS) is 15.3. The molecule has 0 amide bonds. The number of para-hydroxylation sites is 1. The number of halogens is 2. The van der Waals surface area contributed by atoms with Gasteiger partial charge in [0.2, 0.25) is 11.7 Å². The van der Waals surface area contributed by atoms with Gasteiger partial charge in [0.05, 0.1) is 28.8 Å². The number of benzene rings is 1. The van der Waals surface area contributed by atoms with Gasteiger partial charge in [-0.15, -0.1) is 0 Å². The Morgan fingerprint density at radius 1 is 1.25 bits per heavy atom. The summed E-state index contributed by atoms with van der Waals surface area (Å²) in [4.78, 5) is 10.2. The summed E-state index contributed by atoms with van der Waals surface area (Å²) in [5.74, 6) is 0.505. The average molecular weight is 367 g/mol. The maximum absolute atomic E-state index is 11.8. The lowest BCUT2D eigenvalue weighted by molar-refractivity contribution is -0.619. The minimum absolute atomic E-state index is 0.435. The van der Waals surface area contributed by atoms with Crippen LogP contribution < -0.4 is 10.0 Å². The van der Waals surface area contributed by atoms with Gasteiger partial charge in [0, 0.05) is 12.1 Å². The molecular formula is C16H16Cl2N4O2. The zero-order chi connectivity index (χ0) is 17.1. The van der Waals surface area contributed by atoms with Crippen molar-refractivity contribution in [1.29, 1.82) is 0 Å². The molecule has 0 aliphatic carbocycles. The molecule has 1 aromatic carbocycles. The fraction of sp³-hybridized carbons (Fsp3) is 0.250. The third-order valence-corrected chi connectivity index (χ3v) is 4.19. The number of hydrogen-bond donors (Lipinski definition) is 1. The summed E-state index contributed by atoms with van der Waals surface area (Å²) in [6, 6.07) is 10.4. The van der Waals surface area contributed by atoms with Gasteiger partial charge < -0.3 is 10.5 Å². The van der Waals surface area contributed by atoms with Gasteiger partial charge in [0.15, 0.2) is 12.3 Å². The molecule has 126 valence electrons. The van der Waals surface area contributed by atoms with Crippen LogP contribution in [0.3, 0.4) is 0 Å². The van der Waals surface area contributed by atoms with E-state index in [1.165, 1.54) is 6.20 Å². The summed E-state index contributed by atoms with van der Waals surface area (Å²) in [5, 5.41) is 17.5. The van der Waals surface area contributed by atoms with Gasteiger partial charge in [0.1, 0.15) is 0 Å². The van der Waals surface area contributed by atoms with Crippen LogP contribution in [0.4, 0.5) is 5.69 Å². The molecule has 3 rings (SSSR count). The van der Waals surface area contributed by atoms with Crippen molar-refractivity contribution < 1.29 is 9.57 Å². The second-order valence-corrected chi connectivity index (χ2v) is 6.04. The van der Waals surface area contributed by atoms with Crippen LogP contribution in [0.5, 0.6) is 0 Å². The quantitative estimate of drug-likeness (QED) is 0.665. The number of aromatic nitrogens is 1. The van der Waals surface area contributed by atoms with Crippen molar-refractivity contribution in [3.63, 3.8) is 0 Å². The highest BCUT2D eigenvalue weighted by atomic mass is 35.5. The van der Waals surface area contributed by atoms with E-state index < -0.39 is 6.10 Å². The van der Waals surface area contributed by atoms with Crippen LogP contribution in [-0.4, -0.2) is 24.1 Å². The molecule has 1 aromatic heterocycles. The van der Waals surface area contributed by atoms with E-state index in [9.17, 15) is 5.21 Å². The number of aliphatic imine (C=N–C) groups is 1. The molecular weight excluding hydrogens is 351 g/mol. The van der Waals surface area contributed by atoms with E-state index >= 15 is 0 Å². The van der Waals surface area contributed by atoms with Gasteiger partial charge in [0.25, 0.3) is 0 Å². The van der Waals surface area contributed by atoms with Crippen LogP contribution in [0.25, 0.3) is 0 Å². The summed E-state index contributed by atoms with van der Waals surface area (Å²) in [6.07, 6.45) is 1.01. The van der Waals surface area contributed by atoms with E-state index in [0.717, 1.165) is 4.73 Å². The van der Waals surface area contributed by atoms with Crippen LogP contribution in [-0.2, 0) is 4.84 Å². The number of nitrogens with zero attached hydrogens (tertiary/aromatic N) is 3. The van der Waals surface area contributed by atoms with Crippen molar-refractivity contribution in [3.8, 4) is 0 Å². The van der Waals surface area contributed by atoms with Crippen LogP contribution >= 0.6 is 23.2 Å². The third kappa shape index (κ3) is 3.56. The lowest BCUT2D eigenvalue weighted by atomic mass is 10.2. The fourth-order valence-electron chi connectivity index (χ4n) is 2.37. The molecule has 1 unspecified atom stereocenters. The van der Waals surface area contributed by atoms with Gasteiger partial charge >= 0.3 is 0 Å². The highest BCUT2D eigenvalue weighted by molar-refractivity contribution is 6.39. The van der Waals surface area contributed by atoms with Crippen molar-refractivity contribution in [2.45, 2.75) is 13.0 Å². The second-order valence-electron chi connectivity index (χ2n) is 5.23. The first-order valence-electron chi connectivity index (χ1n) is 7.44. The van der Waals surface area contributed by atoms with Crippen LogP contribution in [0.15, 0.2) is 47.6 Å². The van der Waals surface area contributed by atoms with Crippen LogP contribution in [0, 0.1) is 5.21 Å². The summed E-state index contributed by atoms with van der Waals surface area (Å²) < 4.78 is 0.788. The van der Waals surface area contributed by atoms with Gasteiger partial charge in [-0.1, -0.05) is 29.3 Å². The Morgan fingerprint density at radius 2 is 2.00 bits per heavy atom. The second kappa shape index (κ2) is 7.25. The first-order chi connectivity index (χ1) is 11.6. The monoisotopic (exact) mass is 366 g/mol. The first kappa shape index (κ1) is 16.8. The van der Waals surface area contributed by atoms with Crippen molar-refractivity contribution in [2.75, 3.05) is 18.4 Å². The smallest absolute Gasteiger partial charge is 0.224 e. The molecule has 8 heteroatoms. The number of anilines is 1. The summed E-state index contributed by atoms with van der Waals surface area (Å²) >= 11 is 12.3. The van der Waals surface area contributed by atoms with Crippen molar-refractivity contribution in [2.24, 2.45) is 4.99 Å². The minimum Gasteiger partial charge on any atom is -0.618 e. The Morgan fingerprint density at radius 3 is 2.71 bits per heavy atom. The van der Waals surface area contributed by atoms with Crippen molar-refractivity contribution >= 4 is 34.8 Å². The molecule has 6 nitrogen and oxygen atoms in total. The molecule has 0 saturated carbocycles. The Labute approximate surface area is 149 Å². The van der Waals surface area contributed by atoms with Gasteiger partial charge in [-0.25, -0.2) is 10.1 Å². The number of pyridine rings is 1. The minimum atomic E-state index is -0.435. The van der Waals surface area contributed by atoms with E-state index in [1.807, 2.05) is 6.92 Å². The standard InChI is InChI=1S/C16H16Cl2N4O2/c1-11(14-7-2-3-9-21(14)23)24-22-10-8-19-16(22)20-15-12(17)5-4-6-13(15)18/h2-7,9,11H,8,10H2,1H3,(H,19,20). The molecule has 24 heavy (non-hydrogen) atoms. The van der Waals surface area contributed by atoms with E-state index in [2.05, 4.69) is 10.3 Å². The zero-order valence-electron chi connectivity index (χ0n) is 12.9. The van der Waals surface area contributed by atoms with Crippen LogP contribution in [0.1, 0.15) is 18.7 Å². The van der Waals surface area contributed by atoms with Gasteiger partial charge in [-0.3, -0.25) is 4.84 Å². The molecule has 1 aliphatic heterocycles. The van der Waals surface area contributed by atoms with Gasteiger partial charge in [-0.05, 0) is 25.1 Å². The molecule has 2 heterocycles. The predicted molar refractivity (Wildman–Crippen MR) is 94.0 cm³/mol. The predicted octanol–water partition coefficient (Wildman–Crippen LogP) is 3.40. The van der Waals surface area contributed by atoms with E-state index in [4.69, 9.17) is 28.0 Å². The molecule has 1 aliphatic rings. The molecule has 0 saturated heterocycles. The van der Waals surface area contributed by atoms with E-state index in [1.54, 1.807) is 41.5 Å². The number of hydrogen-bond acceptors (Lipinski definition) is 5. The lowest BCUT2D eigenvalue weighted by Gasteiger charge is -2.24. The maximum Gasteiger partial charge on any atom is 0.224 e. The van der Waals surface area contributed by atoms with Crippen molar-refractivity contribution in [3.05, 3.63) is 63.5 Å². The zero-order valence-corrected chi connectivity index (χ0v) is 14.5. The topological polar surface area (TPSA) is 63.8 Å². The number of guanidine groups is 1. The highest BCUT2D eigenvalue weighted by Crippen LogP contribution is 2.30. The summed E-state index contributed by atoms with van der Waals surface area (Å²) in [5.41, 5.74) is 1.08. The summed E-state index contributed by atoms with van der Waals surface area (Å²) in [7, 11) is 0. The SMILES string of the molecule is CC(ON1CCN=C1Nc1c(Cl)cccc1Cl)c1cccc[n+]1[O-]. The fourth-order valence-corrected chi connectivity index (χ4v) is 2.86. The largest absolute Gasteiger partial charge is 0.618 e. The maximum atomic E-state index is 11.8. The van der Waals surface area contributed by atoms with Crippen LogP contribution in [0.2, 0.25) is 10.0 Å². The molecule has 0 radical (unpaired) electrons. The molecule has 1 atom stereocenters. The number of rotatable bonds is 4. The molecule has 1 N–H and O–H groups in total. The molecule has 0 bridgehead atoms. The van der Waals surface area contributed by atoms with Gasteiger partial charge in [-0.2, -0.15) is 4.73 Å². The Bertz CT molecular complexity index is 749. The molecule has 2 aromatic rings. The molecule has 0 spiro atoms. The average Bonchev–Trinajstić information content (AvgIpc) is 2.98. The first-order valence-corrected chi connectivity index (χ1v) is 8.19. The Kier molecular flexibility index (Phi) is 5.08. The third-order valence-electron chi connectivity index (χ3n) is 3.56. The lowest BCUT2D eigenvalue weighted by Crippen LogP contribution is -2.38. The number of hydroxylamine groups is 2. The van der Waals surface area contributed by atoms with Crippen molar-refractivity contribution in [1.82, 2.24) is 5.06 Å². The molecule has 0 fully saturated rings. The van der Waals surface area contributed by atoms with E-state index in [-0.39, 0.29) is 0 Å². The number of nitrogens with one attached hydrogen (secondary N) is 1. The Hall–Kier alpha value is -2.02. The summed E-state index contributed by atoms with van der Waals surface area (Å²) in [6.45, 7) is 2.95. The highest BCUT2D eigenvalue weighted by Gasteiger charge is 2.25. The Balaban J connectivity index is 1.73.